The maximum atomic E-state index is 11.3. The third-order valence-electron chi connectivity index (χ3n) is 2.68. The van der Waals surface area contributed by atoms with E-state index in [-0.39, 0.29) is 5.97 Å². The van der Waals surface area contributed by atoms with Crippen molar-refractivity contribution in [3.05, 3.63) is 34.9 Å². The molecule has 1 rings (SSSR count). The van der Waals surface area contributed by atoms with Crippen molar-refractivity contribution in [2.75, 3.05) is 7.11 Å². The molecule has 0 saturated heterocycles. The summed E-state index contributed by atoms with van der Waals surface area (Å²) in [6, 6.07) is 6.22. The summed E-state index contributed by atoms with van der Waals surface area (Å²) in [4.78, 5) is 11.3. The maximum absolute atomic E-state index is 11.3. The molecular formula is C13H18O2. The second kappa shape index (κ2) is 5.54. The van der Waals surface area contributed by atoms with Crippen LogP contribution >= 0.6 is 0 Å². The van der Waals surface area contributed by atoms with E-state index in [9.17, 15) is 4.79 Å². The molecule has 0 fully saturated rings. The molecule has 1 aromatic carbocycles. The standard InChI is InChI=1S/C13H18O2/c1-4-10-7-6-8-11(5-2)12(10)9-13(14)15-3/h6-8H,4-5,9H2,1-3H3. The highest BCUT2D eigenvalue weighted by atomic mass is 16.5. The van der Waals surface area contributed by atoms with Crippen LogP contribution in [0.15, 0.2) is 18.2 Å². The zero-order valence-electron chi connectivity index (χ0n) is 9.67. The second-order valence-corrected chi connectivity index (χ2v) is 3.51. The molecule has 0 aliphatic heterocycles. The lowest BCUT2D eigenvalue weighted by atomic mass is 9.95. The van der Waals surface area contributed by atoms with Gasteiger partial charge in [-0.25, -0.2) is 0 Å². The minimum atomic E-state index is -0.161. The molecule has 2 nitrogen and oxygen atoms in total. The summed E-state index contributed by atoms with van der Waals surface area (Å²) >= 11 is 0. The molecule has 0 aliphatic rings. The van der Waals surface area contributed by atoms with Gasteiger partial charge in [0.15, 0.2) is 0 Å². The number of esters is 1. The Kier molecular flexibility index (Phi) is 4.35. The highest BCUT2D eigenvalue weighted by Crippen LogP contribution is 2.17. The van der Waals surface area contributed by atoms with Gasteiger partial charge in [0.25, 0.3) is 0 Å². The molecule has 0 atom stereocenters. The largest absolute Gasteiger partial charge is 0.469 e. The normalized spacial score (nSPS) is 10.1. The summed E-state index contributed by atoms with van der Waals surface area (Å²) in [7, 11) is 1.43. The highest BCUT2D eigenvalue weighted by Gasteiger charge is 2.10. The van der Waals surface area contributed by atoms with Crippen LogP contribution in [0.5, 0.6) is 0 Å². The van der Waals surface area contributed by atoms with E-state index < -0.39 is 0 Å². The molecule has 0 amide bonds. The van der Waals surface area contributed by atoms with Crippen LogP contribution in [0.1, 0.15) is 30.5 Å². The third kappa shape index (κ3) is 2.82. The molecule has 0 N–H and O–H groups in total. The predicted octanol–water partition coefficient (Wildman–Crippen LogP) is 2.53. The molecule has 0 saturated carbocycles. The summed E-state index contributed by atoms with van der Waals surface area (Å²) in [5.41, 5.74) is 3.65. The van der Waals surface area contributed by atoms with Gasteiger partial charge in [0, 0.05) is 0 Å². The molecule has 82 valence electrons. The number of carbonyl (C=O) groups excluding carboxylic acids is 1. The first-order valence-corrected chi connectivity index (χ1v) is 5.39. The van der Waals surface area contributed by atoms with Gasteiger partial charge in [0.2, 0.25) is 0 Å². The van der Waals surface area contributed by atoms with E-state index in [0.717, 1.165) is 18.4 Å². The van der Waals surface area contributed by atoms with E-state index in [1.807, 2.05) is 0 Å². The Morgan fingerprint density at radius 3 is 2.13 bits per heavy atom. The predicted molar refractivity (Wildman–Crippen MR) is 60.9 cm³/mol. The van der Waals surface area contributed by atoms with Crippen molar-refractivity contribution in [2.45, 2.75) is 33.1 Å². The van der Waals surface area contributed by atoms with Crippen LogP contribution in [0.3, 0.4) is 0 Å². The number of ether oxygens (including phenoxy) is 1. The van der Waals surface area contributed by atoms with Crippen LogP contribution in [0.4, 0.5) is 0 Å². The smallest absolute Gasteiger partial charge is 0.309 e. The second-order valence-electron chi connectivity index (χ2n) is 3.51. The summed E-state index contributed by atoms with van der Waals surface area (Å²) in [6.45, 7) is 4.21. The summed E-state index contributed by atoms with van der Waals surface area (Å²) in [5.74, 6) is -0.161. The molecule has 0 bridgehead atoms. The van der Waals surface area contributed by atoms with Gasteiger partial charge < -0.3 is 4.74 Å². The number of benzene rings is 1. The van der Waals surface area contributed by atoms with Gasteiger partial charge in [-0.1, -0.05) is 32.0 Å². The van der Waals surface area contributed by atoms with Gasteiger partial charge in [-0.2, -0.15) is 0 Å². The first kappa shape index (κ1) is 11.8. The lowest BCUT2D eigenvalue weighted by Crippen LogP contribution is -2.09. The number of hydrogen-bond acceptors (Lipinski definition) is 2. The number of aryl methyl sites for hydroxylation is 2. The van der Waals surface area contributed by atoms with Crippen molar-refractivity contribution >= 4 is 5.97 Å². The third-order valence-corrected chi connectivity index (χ3v) is 2.68. The lowest BCUT2D eigenvalue weighted by molar-refractivity contribution is -0.139. The Balaban J connectivity index is 3.05. The molecule has 0 aliphatic carbocycles. The fourth-order valence-corrected chi connectivity index (χ4v) is 1.79. The lowest BCUT2D eigenvalue weighted by Gasteiger charge is -2.11. The quantitative estimate of drug-likeness (QED) is 0.708. The van der Waals surface area contributed by atoms with E-state index in [4.69, 9.17) is 4.74 Å². The van der Waals surface area contributed by atoms with Crippen molar-refractivity contribution in [3.8, 4) is 0 Å². The molecule has 0 spiro atoms. The van der Waals surface area contributed by atoms with Crippen LogP contribution in [-0.4, -0.2) is 13.1 Å². The van der Waals surface area contributed by atoms with Crippen molar-refractivity contribution in [1.82, 2.24) is 0 Å². The molecule has 2 heteroatoms. The fraction of sp³-hybridized carbons (Fsp3) is 0.462. The van der Waals surface area contributed by atoms with Crippen LogP contribution in [0, 0.1) is 0 Å². The van der Waals surface area contributed by atoms with E-state index in [1.165, 1.54) is 18.2 Å². The average molecular weight is 206 g/mol. The van der Waals surface area contributed by atoms with Gasteiger partial charge in [-0.05, 0) is 29.5 Å². The first-order chi connectivity index (χ1) is 7.22. The average Bonchev–Trinajstić information content (AvgIpc) is 2.29. The highest BCUT2D eigenvalue weighted by molar-refractivity contribution is 5.73. The zero-order valence-corrected chi connectivity index (χ0v) is 9.67. The molecule has 0 aromatic heterocycles. The summed E-state index contributed by atoms with van der Waals surface area (Å²) in [5, 5.41) is 0. The molecule has 1 aromatic rings. The van der Waals surface area contributed by atoms with E-state index >= 15 is 0 Å². The Hall–Kier alpha value is -1.31. The van der Waals surface area contributed by atoms with Gasteiger partial charge >= 0.3 is 5.97 Å². The number of methoxy groups -OCH3 is 1. The van der Waals surface area contributed by atoms with Crippen LogP contribution in [0.25, 0.3) is 0 Å². The number of carbonyl (C=O) groups is 1. The Morgan fingerprint density at radius 2 is 1.73 bits per heavy atom. The van der Waals surface area contributed by atoms with Crippen molar-refractivity contribution in [3.63, 3.8) is 0 Å². The minimum absolute atomic E-state index is 0.161. The topological polar surface area (TPSA) is 26.3 Å². The molecule has 15 heavy (non-hydrogen) atoms. The molecule has 0 radical (unpaired) electrons. The fourth-order valence-electron chi connectivity index (χ4n) is 1.79. The molecule has 0 heterocycles. The van der Waals surface area contributed by atoms with Gasteiger partial charge in [-0.3, -0.25) is 4.79 Å². The van der Waals surface area contributed by atoms with Crippen molar-refractivity contribution in [1.29, 1.82) is 0 Å². The van der Waals surface area contributed by atoms with Crippen molar-refractivity contribution in [2.24, 2.45) is 0 Å². The maximum Gasteiger partial charge on any atom is 0.309 e. The molecular weight excluding hydrogens is 188 g/mol. The van der Waals surface area contributed by atoms with E-state index in [2.05, 4.69) is 32.0 Å². The summed E-state index contributed by atoms with van der Waals surface area (Å²) < 4.78 is 4.71. The van der Waals surface area contributed by atoms with Gasteiger partial charge in [-0.15, -0.1) is 0 Å². The Labute approximate surface area is 91.3 Å². The van der Waals surface area contributed by atoms with Gasteiger partial charge in [0.1, 0.15) is 0 Å². The SMILES string of the molecule is CCc1cccc(CC)c1CC(=O)OC. The van der Waals surface area contributed by atoms with E-state index in [0.29, 0.717) is 6.42 Å². The summed E-state index contributed by atoms with van der Waals surface area (Å²) in [6.07, 6.45) is 2.31. The Morgan fingerprint density at radius 1 is 1.20 bits per heavy atom. The van der Waals surface area contributed by atoms with Gasteiger partial charge in [0.05, 0.1) is 13.5 Å². The number of rotatable bonds is 4. The monoisotopic (exact) mass is 206 g/mol. The van der Waals surface area contributed by atoms with E-state index in [1.54, 1.807) is 0 Å². The minimum Gasteiger partial charge on any atom is -0.469 e. The Bertz CT molecular complexity index is 320. The van der Waals surface area contributed by atoms with Crippen LogP contribution in [0.2, 0.25) is 0 Å². The first-order valence-electron chi connectivity index (χ1n) is 5.39. The van der Waals surface area contributed by atoms with Crippen LogP contribution < -0.4 is 0 Å². The number of hydrogen-bond donors (Lipinski definition) is 0. The zero-order chi connectivity index (χ0) is 11.3. The molecule has 0 unspecified atom stereocenters. The van der Waals surface area contributed by atoms with Crippen LogP contribution in [-0.2, 0) is 28.8 Å². The van der Waals surface area contributed by atoms with Crippen molar-refractivity contribution < 1.29 is 9.53 Å².